The molecule has 0 bridgehead atoms. The number of aryl methyl sites for hydroxylation is 2. The summed E-state index contributed by atoms with van der Waals surface area (Å²) < 4.78 is 5.01. The van der Waals surface area contributed by atoms with Gasteiger partial charge in [0.2, 0.25) is 0 Å². The van der Waals surface area contributed by atoms with E-state index < -0.39 is 0 Å². The van der Waals surface area contributed by atoms with E-state index in [2.05, 4.69) is 5.32 Å². The Morgan fingerprint density at radius 3 is 2.54 bits per heavy atom. The third-order valence-electron chi connectivity index (χ3n) is 3.34. The predicted octanol–water partition coefficient (Wildman–Crippen LogP) is 3.97. The summed E-state index contributed by atoms with van der Waals surface area (Å²) in [4.78, 5) is 24.7. The second kappa shape index (κ2) is 9.13. The fraction of sp³-hybridized carbons (Fsp3) is 0.263. The Bertz CT molecular complexity index is 701. The van der Waals surface area contributed by atoms with E-state index >= 15 is 0 Å². The van der Waals surface area contributed by atoms with Crippen molar-refractivity contribution in [3.63, 3.8) is 0 Å². The van der Waals surface area contributed by atoms with Crippen molar-refractivity contribution >= 4 is 29.3 Å². The summed E-state index contributed by atoms with van der Waals surface area (Å²) in [6.07, 6.45) is 0.274. The number of anilines is 1. The zero-order chi connectivity index (χ0) is 17.4. The molecule has 2 aromatic carbocycles. The number of carbonyl (C=O) groups is 2. The molecule has 0 spiro atoms. The van der Waals surface area contributed by atoms with Crippen molar-refractivity contribution in [2.75, 3.05) is 17.7 Å². The number of rotatable bonds is 7. The Morgan fingerprint density at radius 2 is 1.83 bits per heavy atom. The lowest BCUT2D eigenvalue weighted by Gasteiger charge is -2.09. The number of esters is 1. The molecule has 0 aromatic heterocycles. The minimum atomic E-state index is -0.366. The topological polar surface area (TPSA) is 55.4 Å². The highest BCUT2D eigenvalue weighted by Crippen LogP contribution is 2.18. The molecule has 2 aromatic rings. The van der Waals surface area contributed by atoms with Crippen LogP contribution in [0, 0.1) is 13.8 Å². The van der Waals surface area contributed by atoms with Gasteiger partial charge >= 0.3 is 5.97 Å². The van der Waals surface area contributed by atoms with Crippen molar-refractivity contribution in [1.29, 1.82) is 0 Å². The third-order valence-corrected chi connectivity index (χ3v) is 4.35. The Morgan fingerprint density at radius 1 is 1.08 bits per heavy atom. The maximum atomic E-state index is 11.9. The molecule has 0 aliphatic carbocycles. The zero-order valence-electron chi connectivity index (χ0n) is 13.9. The van der Waals surface area contributed by atoms with E-state index in [0.29, 0.717) is 5.75 Å². The van der Waals surface area contributed by atoms with Gasteiger partial charge in [-0.25, -0.2) is 0 Å². The van der Waals surface area contributed by atoms with Crippen molar-refractivity contribution in [3.05, 3.63) is 59.7 Å². The SMILES string of the molecule is Cc1ccc(NC(=O)COC(=O)CCSc2ccccc2)c(C)c1. The van der Waals surface area contributed by atoms with Gasteiger partial charge in [0.05, 0.1) is 6.42 Å². The van der Waals surface area contributed by atoms with Gasteiger partial charge in [0.1, 0.15) is 0 Å². The largest absolute Gasteiger partial charge is 0.456 e. The first-order valence-electron chi connectivity index (χ1n) is 7.75. The van der Waals surface area contributed by atoms with Crippen LogP contribution in [-0.2, 0) is 14.3 Å². The van der Waals surface area contributed by atoms with Crippen molar-refractivity contribution in [2.45, 2.75) is 25.2 Å². The van der Waals surface area contributed by atoms with Crippen LogP contribution in [-0.4, -0.2) is 24.2 Å². The Kier molecular flexibility index (Phi) is 6.88. The van der Waals surface area contributed by atoms with Crippen LogP contribution in [0.2, 0.25) is 0 Å². The Hall–Kier alpha value is -2.27. The fourth-order valence-electron chi connectivity index (χ4n) is 2.13. The molecule has 0 aliphatic rings. The van der Waals surface area contributed by atoms with Gasteiger partial charge < -0.3 is 10.1 Å². The average molecular weight is 343 g/mol. The molecular formula is C19H21NO3S. The molecule has 0 saturated carbocycles. The van der Waals surface area contributed by atoms with Crippen LogP contribution < -0.4 is 5.32 Å². The van der Waals surface area contributed by atoms with Gasteiger partial charge in [0.25, 0.3) is 5.91 Å². The summed E-state index contributed by atoms with van der Waals surface area (Å²) in [5.74, 6) is -0.0677. The summed E-state index contributed by atoms with van der Waals surface area (Å²) in [7, 11) is 0. The highest BCUT2D eigenvalue weighted by Gasteiger charge is 2.09. The predicted molar refractivity (Wildman–Crippen MR) is 97.3 cm³/mol. The molecule has 5 heteroatoms. The molecule has 0 radical (unpaired) electrons. The van der Waals surface area contributed by atoms with Crippen LogP contribution in [0.15, 0.2) is 53.4 Å². The summed E-state index contributed by atoms with van der Waals surface area (Å²) in [5, 5.41) is 2.75. The normalized spacial score (nSPS) is 10.2. The summed E-state index contributed by atoms with van der Waals surface area (Å²) in [6.45, 7) is 3.66. The van der Waals surface area contributed by atoms with E-state index in [1.807, 2.05) is 62.4 Å². The van der Waals surface area contributed by atoms with Crippen LogP contribution in [0.3, 0.4) is 0 Å². The van der Waals surface area contributed by atoms with E-state index in [1.165, 1.54) is 0 Å². The zero-order valence-corrected chi connectivity index (χ0v) is 14.7. The molecule has 0 atom stereocenters. The standard InChI is InChI=1S/C19H21NO3S/c1-14-8-9-17(15(2)12-14)20-18(21)13-23-19(22)10-11-24-16-6-4-3-5-7-16/h3-9,12H,10-11,13H2,1-2H3,(H,20,21). The summed E-state index contributed by atoms with van der Waals surface area (Å²) in [6, 6.07) is 15.6. The first-order valence-corrected chi connectivity index (χ1v) is 8.74. The van der Waals surface area contributed by atoms with Crippen molar-refractivity contribution in [3.8, 4) is 0 Å². The van der Waals surface area contributed by atoms with Crippen molar-refractivity contribution < 1.29 is 14.3 Å². The van der Waals surface area contributed by atoms with E-state index in [9.17, 15) is 9.59 Å². The number of hydrogen-bond donors (Lipinski definition) is 1. The molecule has 2 rings (SSSR count). The smallest absolute Gasteiger partial charge is 0.307 e. The van der Waals surface area contributed by atoms with Crippen molar-refractivity contribution in [1.82, 2.24) is 0 Å². The number of amides is 1. The number of ether oxygens (including phenoxy) is 1. The molecule has 24 heavy (non-hydrogen) atoms. The minimum Gasteiger partial charge on any atom is -0.456 e. The molecule has 1 amide bonds. The van der Waals surface area contributed by atoms with Crippen molar-refractivity contribution in [2.24, 2.45) is 0 Å². The maximum absolute atomic E-state index is 11.9. The van der Waals surface area contributed by atoms with Crippen LogP contribution in [0.1, 0.15) is 17.5 Å². The number of benzene rings is 2. The van der Waals surface area contributed by atoms with E-state index in [4.69, 9.17) is 4.74 Å². The van der Waals surface area contributed by atoms with Crippen LogP contribution >= 0.6 is 11.8 Å². The van der Waals surface area contributed by atoms with Crippen LogP contribution in [0.4, 0.5) is 5.69 Å². The second-order valence-corrected chi connectivity index (χ2v) is 6.61. The first-order chi connectivity index (χ1) is 11.5. The number of nitrogens with one attached hydrogen (secondary N) is 1. The Balaban J connectivity index is 1.68. The van der Waals surface area contributed by atoms with E-state index in [0.717, 1.165) is 21.7 Å². The molecule has 0 unspecified atom stereocenters. The highest BCUT2D eigenvalue weighted by atomic mass is 32.2. The number of hydrogen-bond acceptors (Lipinski definition) is 4. The van der Waals surface area contributed by atoms with Crippen LogP contribution in [0.25, 0.3) is 0 Å². The quantitative estimate of drug-likeness (QED) is 0.610. The lowest BCUT2D eigenvalue weighted by molar-refractivity contribution is -0.146. The molecule has 126 valence electrons. The van der Waals surface area contributed by atoms with E-state index in [1.54, 1.807) is 11.8 Å². The highest BCUT2D eigenvalue weighted by molar-refractivity contribution is 7.99. The second-order valence-electron chi connectivity index (χ2n) is 5.44. The van der Waals surface area contributed by atoms with Gasteiger partial charge in [-0.15, -0.1) is 11.8 Å². The van der Waals surface area contributed by atoms with Gasteiger partial charge in [0, 0.05) is 16.3 Å². The number of thioether (sulfide) groups is 1. The monoisotopic (exact) mass is 343 g/mol. The molecule has 0 aliphatic heterocycles. The van der Waals surface area contributed by atoms with Gasteiger partial charge in [0.15, 0.2) is 6.61 Å². The lowest BCUT2D eigenvalue weighted by atomic mass is 10.1. The molecular weight excluding hydrogens is 322 g/mol. The molecule has 0 heterocycles. The Labute approximate surface area is 146 Å². The molecule has 1 N–H and O–H groups in total. The van der Waals surface area contributed by atoms with E-state index in [-0.39, 0.29) is 24.9 Å². The van der Waals surface area contributed by atoms with Gasteiger partial charge in [-0.2, -0.15) is 0 Å². The van der Waals surface area contributed by atoms with Gasteiger partial charge in [-0.1, -0.05) is 35.9 Å². The lowest BCUT2D eigenvalue weighted by Crippen LogP contribution is -2.21. The fourth-order valence-corrected chi connectivity index (χ4v) is 2.98. The number of carbonyl (C=O) groups excluding carboxylic acids is 2. The summed E-state index contributed by atoms with van der Waals surface area (Å²) >= 11 is 1.59. The van der Waals surface area contributed by atoms with Gasteiger partial charge in [-0.05, 0) is 37.6 Å². The minimum absolute atomic E-state index is 0.262. The van der Waals surface area contributed by atoms with Crippen LogP contribution in [0.5, 0.6) is 0 Å². The molecule has 0 fully saturated rings. The third kappa shape index (κ3) is 6.08. The van der Waals surface area contributed by atoms with Gasteiger partial charge in [-0.3, -0.25) is 9.59 Å². The molecule has 0 saturated heterocycles. The average Bonchev–Trinajstić information content (AvgIpc) is 2.56. The molecule has 4 nitrogen and oxygen atoms in total. The maximum Gasteiger partial charge on any atom is 0.307 e. The summed E-state index contributed by atoms with van der Waals surface area (Å²) in [5.41, 5.74) is 2.85. The first kappa shape index (κ1) is 18.1.